The van der Waals surface area contributed by atoms with Crippen LogP contribution in [-0.4, -0.2) is 56.0 Å². The molecular formula is C11H21NO4S. The number of sulfone groups is 1. The van der Waals surface area contributed by atoms with Gasteiger partial charge in [-0.1, -0.05) is 0 Å². The second-order valence-electron chi connectivity index (χ2n) is 5.56. The van der Waals surface area contributed by atoms with Crippen molar-refractivity contribution in [2.75, 3.05) is 25.1 Å². The van der Waals surface area contributed by atoms with Crippen LogP contribution in [0.4, 0.5) is 0 Å². The third kappa shape index (κ3) is 5.04. The van der Waals surface area contributed by atoms with Gasteiger partial charge in [0.1, 0.15) is 5.60 Å². The number of carbonyl (C=O) groups is 1. The van der Waals surface area contributed by atoms with Gasteiger partial charge in [-0.3, -0.25) is 9.69 Å². The number of rotatable bonds is 3. The van der Waals surface area contributed by atoms with E-state index in [4.69, 9.17) is 4.74 Å². The average Bonchev–Trinajstić information content (AvgIpc) is 2.42. The first-order valence-corrected chi connectivity index (χ1v) is 7.54. The molecule has 1 aliphatic rings. The van der Waals surface area contributed by atoms with Crippen LogP contribution in [0.25, 0.3) is 0 Å². The predicted molar refractivity (Wildman–Crippen MR) is 65.5 cm³/mol. The fourth-order valence-electron chi connectivity index (χ4n) is 1.83. The molecule has 0 spiro atoms. The van der Waals surface area contributed by atoms with E-state index in [1.165, 1.54) is 0 Å². The van der Waals surface area contributed by atoms with E-state index in [1.54, 1.807) is 11.9 Å². The van der Waals surface area contributed by atoms with Crippen LogP contribution >= 0.6 is 0 Å². The topological polar surface area (TPSA) is 63.7 Å². The Morgan fingerprint density at radius 2 is 2.00 bits per heavy atom. The quantitative estimate of drug-likeness (QED) is 0.692. The number of esters is 1. The Morgan fingerprint density at radius 3 is 2.41 bits per heavy atom. The van der Waals surface area contributed by atoms with E-state index < -0.39 is 15.4 Å². The van der Waals surface area contributed by atoms with Gasteiger partial charge in [0.05, 0.1) is 18.1 Å². The SMILES string of the molecule is CN(CC(=O)OC(C)(C)C)C1CCS(=O)(=O)C1. The van der Waals surface area contributed by atoms with Crippen molar-refractivity contribution < 1.29 is 17.9 Å². The molecule has 100 valence electrons. The van der Waals surface area contributed by atoms with Crippen molar-refractivity contribution in [2.45, 2.75) is 38.8 Å². The summed E-state index contributed by atoms with van der Waals surface area (Å²) in [7, 11) is -1.15. The van der Waals surface area contributed by atoms with E-state index in [0.717, 1.165) is 0 Å². The second-order valence-corrected chi connectivity index (χ2v) is 7.79. The Kier molecular flexibility index (Phi) is 4.19. The molecule has 0 aliphatic carbocycles. The summed E-state index contributed by atoms with van der Waals surface area (Å²) in [5.74, 6) is 0.0482. The zero-order valence-electron chi connectivity index (χ0n) is 10.9. The van der Waals surface area contributed by atoms with Crippen molar-refractivity contribution in [1.82, 2.24) is 4.90 Å². The fraction of sp³-hybridized carbons (Fsp3) is 0.909. The number of ether oxygens (including phenoxy) is 1. The van der Waals surface area contributed by atoms with Crippen LogP contribution in [-0.2, 0) is 19.4 Å². The first-order chi connectivity index (χ1) is 7.59. The van der Waals surface area contributed by atoms with Crippen molar-refractivity contribution in [2.24, 2.45) is 0 Å². The highest BCUT2D eigenvalue weighted by atomic mass is 32.2. The lowest BCUT2D eigenvalue weighted by Crippen LogP contribution is -2.39. The Morgan fingerprint density at radius 1 is 1.41 bits per heavy atom. The molecule has 0 N–H and O–H groups in total. The maximum atomic E-state index is 11.6. The number of likely N-dealkylation sites (N-methyl/N-ethyl adjacent to an activating group) is 1. The third-order valence-electron chi connectivity index (χ3n) is 2.63. The van der Waals surface area contributed by atoms with E-state index in [9.17, 15) is 13.2 Å². The fourth-order valence-corrected chi connectivity index (χ4v) is 3.63. The highest BCUT2D eigenvalue weighted by Gasteiger charge is 2.31. The molecule has 5 nitrogen and oxygen atoms in total. The van der Waals surface area contributed by atoms with Crippen LogP contribution in [0.3, 0.4) is 0 Å². The maximum Gasteiger partial charge on any atom is 0.320 e. The largest absolute Gasteiger partial charge is 0.459 e. The third-order valence-corrected chi connectivity index (χ3v) is 4.38. The van der Waals surface area contributed by atoms with Gasteiger partial charge < -0.3 is 4.74 Å². The Hall–Kier alpha value is -0.620. The van der Waals surface area contributed by atoms with Crippen molar-refractivity contribution in [1.29, 1.82) is 0 Å². The summed E-state index contributed by atoms with van der Waals surface area (Å²) < 4.78 is 27.8. The van der Waals surface area contributed by atoms with Gasteiger partial charge in [0.25, 0.3) is 0 Å². The number of nitrogens with zero attached hydrogens (tertiary/aromatic N) is 1. The molecule has 1 rings (SSSR count). The zero-order valence-corrected chi connectivity index (χ0v) is 11.7. The van der Waals surface area contributed by atoms with Crippen molar-refractivity contribution in [3.63, 3.8) is 0 Å². The van der Waals surface area contributed by atoms with E-state index in [0.29, 0.717) is 6.42 Å². The summed E-state index contributed by atoms with van der Waals surface area (Å²) in [6.07, 6.45) is 0.599. The molecule has 0 bridgehead atoms. The molecular weight excluding hydrogens is 242 g/mol. The molecule has 0 amide bonds. The normalized spacial score (nSPS) is 23.9. The summed E-state index contributed by atoms with van der Waals surface area (Å²) in [6, 6.07) is -0.0625. The van der Waals surface area contributed by atoms with Crippen LogP contribution in [0.2, 0.25) is 0 Å². The highest BCUT2D eigenvalue weighted by Crippen LogP contribution is 2.16. The molecule has 1 unspecified atom stereocenters. The molecule has 0 aromatic carbocycles. The van der Waals surface area contributed by atoms with Crippen molar-refractivity contribution in [3.05, 3.63) is 0 Å². The molecule has 1 saturated heterocycles. The summed E-state index contributed by atoms with van der Waals surface area (Å²) in [5, 5.41) is 0. The molecule has 0 aromatic rings. The van der Waals surface area contributed by atoms with E-state index in [1.807, 2.05) is 20.8 Å². The molecule has 1 fully saturated rings. The average molecular weight is 263 g/mol. The lowest BCUT2D eigenvalue weighted by molar-refractivity contribution is -0.156. The van der Waals surface area contributed by atoms with Gasteiger partial charge in [0, 0.05) is 6.04 Å². The minimum absolute atomic E-state index is 0.0625. The number of carbonyl (C=O) groups excluding carboxylic acids is 1. The zero-order chi connectivity index (χ0) is 13.3. The van der Waals surface area contributed by atoms with Crippen molar-refractivity contribution >= 4 is 15.8 Å². The Bertz CT molecular complexity index is 383. The van der Waals surface area contributed by atoms with Gasteiger partial charge in [-0.2, -0.15) is 0 Å². The van der Waals surface area contributed by atoms with Gasteiger partial charge in [-0.25, -0.2) is 8.42 Å². The minimum Gasteiger partial charge on any atom is -0.459 e. The van der Waals surface area contributed by atoms with E-state index in [-0.39, 0.29) is 30.1 Å². The van der Waals surface area contributed by atoms with Gasteiger partial charge in [-0.15, -0.1) is 0 Å². The van der Waals surface area contributed by atoms with Gasteiger partial charge in [0.15, 0.2) is 9.84 Å². The van der Waals surface area contributed by atoms with Gasteiger partial charge >= 0.3 is 5.97 Å². The smallest absolute Gasteiger partial charge is 0.320 e. The van der Waals surface area contributed by atoms with Crippen molar-refractivity contribution in [3.8, 4) is 0 Å². The highest BCUT2D eigenvalue weighted by molar-refractivity contribution is 7.91. The second kappa shape index (κ2) is 4.94. The number of hydrogen-bond donors (Lipinski definition) is 0. The number of hydrogen-bond acceptors (Lipinski definition) is 5. The molecule has 0 saturated carbocycles. The maximum absolute atomic E-state index is 11.6. The lowest BCUT2D eigenvalue weighted by Gasteiger charge is -2.25. The minimum atomic E-state index is -2.91. The first kappa shape index (κ1) is 14.4. The predicted octanol–water partition coefficient (Wildman–Crippen LogP) is 0.447. The molecule has 1 heterocycles. The summed E-state index contributed by atoms with van der Waals surface area (Å²) in [6.45, 7) is 5.57. The first-order valence-electron chi connectivity index (χ1n) is 5.71. The molecule has 1 aliphatic heterocycles. The Balaban J connectivity index is 2.45. The van der Waals surface area contributed by atoms with Crippen LogP contribution < -0.4 is 0 Å². The van der Waals surface area contributed by atoms with Gasteiger partial charge in [-0.05, 0) is 34.2 Å². The molecule has 0 radical (unpaired) electrons. The summed E-state index contributed by atoms with van der Waals surface area (Å²) >= 11 is 0. The lowest BCUT2D eigenvalue weighted by atomic mass is 10.2. The standard InChI is InChI=1S/C11H21NO4S/c1-11(2,3)16-10(13)7-12(4)9-5-6-17(14,15)8-9/h9H,5-8H2,1-4H3. The molecule has 17 heavy (non-hydrogen) atoms. The Labute approximate surface area is 103 Å². The van der Waals surface area contributed by atoms with Crippen LogP contribution in [0, 0.1) is 0 Å². The van der Waals surface area contributed by atoms with Crippen LogP contribution in [0.5, 0.6) is 0 Å². The van der Waals surface area contributed by atoms with Gasteiger partial charge in [0.2, 0.25) is 0 Å². The van der Waals surface area contributed by atoms with E-state index >= 15 is 0 Å². The summed E-state index contributed by atoms with van der Waals surface area (Å²) in [5.41, 5.74) is -0.500. The molecule has 1 atom stereocenters. The monoisotopic (exact) mass is 263 g/mol. The summed E-state index contributed by atoms with van der Waals surface area (Å²) in [4.78, 5) is 13.3. The van der Waals surface area contributed by atoms with E-state index in [2.05, 4.69) is 0 Å². The van der Waals surface area contributed by atoms with Crippen LogP contribution in [0.15, 0.2) is 0 Å². The van der Waals surface area contributed by atoms with Crippen LogP contribution in [0.1, 0.15) is 27.2 Å². The molecule has 6 heteroatoms. The molecule has 0 aromatic heterocycles.